The normalized spacial score (nSPS) is 17.0. The van der Waals surface area contributed by atoms with Crippen LogP contribution in [0.5, 0.6) is 0 Å². The zero-order chi connectivity index (χ0) is 18.7. The Morgan fingerprint density at radius 3 is 2.73 bits per heavy atom. The van der Waals surface area contributed by atoms with E-state index in [9.17, 15) is 5.11 Å². The second-order valence-electron chi connectivity index (χ2n) is 6.81. The minimum atomic E-state index is -0.558. The first-order valence-electron chi connectivity index (χ1n) is 8.94. The Morgan fingerprint density at radius 2 is 2.04 bits per heavy atom. The molecule has 144 valence electrons. The van der Waals surface area contributed by atoms with E-state index < -0.39 is 6.10 Å². The Kier molecular flexibility index (Phi) is 6.42. The summed E-state index contributed by atoms with van der Waals surface area (Å²) in [5.41, 5.74) is 1.21. The quantitative estimate of drug-likeness (QED) is 0.782. The summed E-state index contributed by atoms with van der Waals surface area (Å²) in [4.78, 5) is 16.3. The average molecular weight is 381 g/mol. The van der Waals surface area contributed by atoms with Gasteiger partial charge in [0.05, 0.1) is 37.9 Å². The maximum Gasteiger partial charge on any atom is 0.146 e. The van der Waals surface area contributed by atoms with E-state index in [2.05, 4.69) is 18.7 Å². The molecule has 0 radical (unpaired) electrons. The highest BCUT2D eigenvalue weighted by Crippen LogP contribution is 2.34. The van der Waals surface area contributed by atoms with Gasteiger partial charge < -0.3 is 19.5 Å². The number of morpholine rings is 1. The van der Waals surface area contributed by atoms with Crippen molar-refractivity contribution >= 4 is 27.4 Å². The van der Waals surface area contributed by atoms with Crippen LogP contribution in [0.3, 0.4) is 0 Å². The second-order valence-corrected chi connectivity index (χ2v) is 8.01. The first kappa shape index (κ1) is 19.4. The van der Waals surface area contributed by atoms with E-state index in [1.54, 1.807) is 18.4 Å². The monoisotopic (exact) mass is 380 g/mol. The van der Waals surface area contributed by atoms with Gasteiger partial charge in [0.2, 0.25) is 0 Å². The number of hydrogen-bond acceptors (Lipinski definition) is 8. The number of nitrogens with zero attached hydrogens (tertiary/aromatic N) is 4. The van der Waals surface area contributed by atoms with Crippen molar-refractivity contribution in [2.75, 3.05) is 58.5 Å². The molecule has 26 heavy (non-hydrogen) atoms. The number of aliphatic hydroxyl groups excluding tert-OH is 1. The molecule has 1 atom stereocenters. The molecule has 1 fully saturated rings. The van der Waals surface area contributed by atoms with Crippen LogP contribution < -0.4 is 4.90 Å². The first-order chi connectivity index (χ1) is 12.5. The number of rotatable bonds is 7. The van der Waals surface area contributed by atoms with Crippen molar-refractivity contribution < 1.29 is 14.6 Å². The highest BCUT2D eigenvalue weighted by Gasteiger charge is 2.20. The standard InChI is InChI=1S/C18H28N4O3S/c1-12-13(2)26-18-16(12)17(21(3)9-14(23)11-24-4)19-15(20-18)10-22-5-7-25-8-6-22/h14,23H,5-11H2,1-4H3/t14-/m1/s1. The molecule has 0 unspecified atom stereocenters. The van der Waals surface area contributed by atoms with Gasteiger partial charge in [-0.2, -0.15) is 0 Å². The zero-order valence-corrected chi connectivity index (χ0v) is 16.8. The Morgan fingerprint density at radius 1 is 1.31 bits per heavy atom. The molecule has 1 N–H and O–H groups in total. The van der Waals surface area contributed by atoms with Gasteiger partial charge in [0.1, 0.15) is 16.5 Å². The van der Waals surface area contributed by atoms with Gasteiger partial charge in [-0.15, -0.1) is 11.3 Å². The van der Waals surface area contributed by atoms with E-state index in [0.717, 1.165) is 54.7 Å². The lowest BCUT2D eigenvalue weighted by Gasteiger charge is -2.27. The number of anilines is 1. The molecule has 8 heteroatoms. The third-order valence-corrected chi connectivity index (χ3v) is 5.83. The summed E-state index contributed by atoms with van der Waals surface area (Å²) >= 11 is 1.71. The second kappa shape index (κ2) is 8.58. The topological polar surface area (TPSA) is 71.0 Å². The number of aryl methyl sites for hydroxylation is 2. The summed E-state index contributed by atoms with van der Waals surface area (Å²) in [7, 11) is 3.56. The van der Waals surface area contributed by atoms with E-state index in [4.69, 9.17) is 19.4 Å². The van der Waals surface area contributed by atoms with Gasteiger partial charge >= 0.3 is 0 Å². The summed E-state index contributed by atoms with van der Waals surface area (Å²) in [5.74, 6) is 1.71. The van der Waals surface area contributed by atoms with Gasteiger partial charge in [-0.1, -0.05) is 0 Å². The SMILES string of the molecule is COC[C@H](O)CN(C)c1nc(CN2CCOCC2)nc2sc(C)c(C)c12. The smallest absolute Gasteiger partial charge is 0.146 e. The predicted molar refractivity (Wildman–Crippen MR) is 104 cm³/mol. The van der Waals surface area contributed by atoms with Gasteiger partial charge in [0, 0.05) is 38.7 Å². The van der Waals surface area contributed by atoms with Crippen molar-refractivity contribution in [3.63, 3.8) is 0 Å². The molecule has 0 bridgehead atoms. The maximum absolute atomic E-state index is 10.1. The molecular weight excluding hydrogens is 352 g/mol. The Labute approximate surface area is 158 Å². The van der Waals surface area contributed by atoms with Crippen LogP contribution in [-0.4, -0.2) is 79.7 Å². The van der Waals surface area contributed by atoms with Crippen LogP contribution in [0.15, 0.2) is 0 Å². The highest BCUT2D eigenvalue weighted by molar-refractivity contribution is 7.18. The summed E-state index contributed by atoms with van der Waals surface area (Å²) in [6, 6.07) is 0. The third kappa shape index (κ3) is 4.32. The van der Waals surface area contributed by atoms with Crippen LogP contribution in [0.1, 0.15) is 16.3 Å². The number of ether oxygens (including phenoxy) is 2. The fourth-order valence-corrected chi connectivity index (χ4v) is 4.27. The van der Waals surface area contributed by atoms with E-state index in [-0.39, 0.29) is 0 Å². The largest absolute Gasteiger partial charge is 0.389 e. The number of hydrogen-bond donors (Lipinski definition) is 1. The van der Waals surface area contributed by atoms with E-state index in [1.165, 1.54) is 10.4 Å². The number of likely N-dealkylation sites (N-methyl/N-ethyl adjacent to an activating group) is 1. The van der Waals surface area contributed by atoms with Crippen LogP contribution in [-0.2, 0) is 16.0 Å². The molecule has 3 heterocycles. The van der Waals surface area contributed by atoms with Crippen LogP contribution in [0.4, 0.5) is 5.82 Å². The molecule has 2 aromatic heterocycles. The van der Waals surface area contributed by atoms with E-state index in [0.29, 0.717) is 13.2 Å². The number of thiophene rings is 1. The summed E-state index contributed by atoms with van der Waals surface area (Å²) in [6.07, 6.45) is -0.558. The van der Waals surface area contributed by atoms with Crippen LogP contribution in [0.2, 0.25) is 0 Å². The summed E-state index contributed by atoms with van der Waals surface area (Å²) in [5, 5.41) is 11.2. The van der Waals surface area contributed by atoms with Gasteiger partial charge in [-0.25, -0.2) is 9.97 Å². The number of methoxy groups -OCH3 is 1. The average Bonchev–Trinajstić information content (AvgIpc) is 2.89. The summed E-state index contributed by atoms with van der Waals surface area (Å²) in [6.45, 7) is 9.05. The van der Waals surface area contributed by atoms with Gasteiger partial charge in [0.15, 0.2) is 0 Å². The Hall–Kier alpha value is -1.32. The number of aliphatic hydroxyl groups is 1. The fourth-order valence-electron chi connectivity index (χ4n) is 3.23. The van der Waals surface area contributed by atoms with Gasteiger partial charge in [0.25, 0.3) is 0 Å². The molecule has 0 aromatic carbocycles. The zero-order valence-electron chi connectivity index (χ0n) is 16.0. The molecule has 7 nitrogen and oxygen atoms in total. The molecule has 1 aliphatic rings. The van der Waals surface area contributed by atoms with Crippen molar-refractivity contribution in [3.05, 3.63) is 16.3 Å². The molecule has 0 aliphatic carbocycles. The lowest BCUT2D eigenvalue weighted by molar-refractivity contribution is 0.0331. The molecule has 2 aromatic rings. The predicted octanol–water partition coefficient (Wildman–Crippen LogP) is 1.58. The molecular formula is C18H28N4O3S. The lowest BCUT2D eigenvalue weighted by Crippen LogP contribution is -2.36. The molecule has 0 spiro atoms. The molecule has 3 rings (SSSR count). The molecule has 0 amide bonds. The van der Waals surface area contributed by atoms with Crippen molar-refractivity contribution in [1.29, 1.82) is 0 Å². The number of aromatic nitrogens is 2. The van der Waals surface area contributed by atoms with Crippen molar-refractivity contribution in [2.24, 2.45) is 0 Å². The summed E-state index contributed by atoms with van der Waals surface area (Å²) < 4.78 is 10.5. The van der Waals surface area contributed by atoms with Crippen LogP contribution in [0.25, 0.3) is 10.2 Å². The van der Waals surface area contributed by atoms with E-state index >= 15 is 0 Å². The maximum atomic E-state index is 10.1. The van der Waals surface area contributed by atoms with Crippen LogP contribution >= 0.6 is 11.3 Å². The minimum Gasteiger partial charge on any atom is -0.389 e. The Balaban J connectivity index is 1.92. The fraction of sp³-hybridized carbons (Fsp3) is 0.667. The van der Waals surface area contributed by atoms with Gasteiger partial charge in [-0.3, -0.25) is 4.90 Å². The molecule has 1 aliphatic heterocycles. The van der Waals surface area contributed by atoms with E-state index in [1.807, 2.05) is 11.9 Å². The number of fused-ring (bicyclic) bond motifs is 1. The molecule has 0 saturated carbocycles. The Bertz CT molecular complexity index is 746. The van der Waals surface area contributed by atoms with Crippen molar-refractivity contribution in [2.45, 2.75) is 26.5 Å². The third-order valence-electron chi connectivity index (χ3n) is 4.73. The van der Waals surface area contributed by atoms with Gasteiger partial charge in [-0.05, 0) is 19.4 Å². The van der Waals surface area contributed by atoms with Crippen LogP contribution in [0, 0.1) is 13.8 Å². The van der Waals surface area contributed by atoms with Crippen molar-refractivity contribution in [1.82, 2.24) is 14.9 Å². The molecule has 1 saturated heterocycles. The van der Waals surface area contributed by atoms with Crippen molar-refractivity contribution in [3.8, 4) is 0 Å². The minimum absolute atomic E-state index is 0.306. The lowest BCUT2D eigenvalue weighted by atomic mass is 10.2. The first-order valence-corrected chi connectivity index (χ1v) is 9.76. The highest BCUT2D eigenvalue weighted by atomic mass is 32.1.